The summed E-state index contributed by atoms with van der Waals surface area (Å²) in [5.74, 6) is 0.779. The number of aromatic nitrogens is 2. The second kappa shape index (κ2) is 7.11. The maximum atomic E-state index is 5.71. The molecule has 2 rings (SSSR count). The Bertz CT molecular complexity index is 628. The first-order chi connectivity index (χ1) is 9.67. The van der Waals surface area contributed by atoms with Gasteiger partial charge >= 0.3 is 0 Å². The van der Waals surface area contributed by atoms with Gasteiger partial charge in [-0.1, -0.05) is 49.5 Å². The molecule has 0 saturated carbocycles. The summed E-state index contributed by atoms with van der Waals surface area (Å²) in [5, 5.41) is 0. The highest BCUT2D eigenvalue weighted by Gasteiger charge is 2.15. The van der Waals surface area contributed by atoms with E-state index in [2.05, 4.69) is 32.8 Å². The van der Waals surface area contributed by atoms with Gasteiger partial charge in [-0.15, -0.1) is 0 Å². The van der Waals surface area contributed by atoms with Gasteiger partial charge in [0.1, 0.15) is 16.6 Å². The van der Waals surface area contributed by atoms with E-state index in [1.54, 1.807) is 0 Å². The van der Waals surface area contributed by atoms with Crippen LogP contribution in [0.25, 0.3) is 11.3 Å². The Hall–Kier alpha value is -1.04. The Labute approximate surface area is 132 Å². The Morgan fingerprint density at radius 3 is 2.60 bits per heavy atom. The van der Waals surface area contributed by atoms with E-state index in [0.717, 1.165) is 28.0 Å². The molecule has 0 aliphatic heterocycles. The number of nitrogens with one attached hydrogen (secondary N) is 1. The lowest BCUT2D eigenvalue weighted by molar-refractivity contribution is 0.0534. The van der Waals surface area contributed by atoms with Crippen molar-refractivity contribution in [3.05, 3.63) is 45.3 Å². The van der Waals surface area contributed by atoms with Gasteiger partial charge < -0.3 is 9.72 Å². The van der Waals surface area contributed by atoms with Gasteiger partial charge in [-0.3, -0.25) is 0 Å². The molecule has 1 aromatic heterocycles. The second-order valence-corrected chi connectivity index (χ2v) is 5.51. The third kappa shape index (κ3) is 3.34. The second-order valence-electron chi connectivity index (χ2n) is 4.33. The number of benzene rings is 1. The van der Waals surface area contributed by atoms with Crippen LogP contribution in [-0.2, 0) is 4.74 Å². The summed E-state index contributed by atoms with van der Waals surface area (Å²) >= 11 is 8.87. The van der Waals surface area contributed by atoms with E-state index in [0.29, 0.717) is 11.2 Å². The average molecular weight is 353 g/mol. The lowest BCUT2D eigenvalue weighted by Gasteiger charge is -2.16. The smallest absolute Gasteiger partial charge is 0.144 e. The van der Waals surface area contributed by atoms with Crippen LogP contribution in [0, 0.1) is 4.64 Å². The van der Waals surface area contributed by atoms with Crippen molar-refractivity contribution in [3.8, 4) is 11.3 Å². The number of hydrogen-bond acceptors (Lipinski definition) is 3. The fourth-order valence-electron chi connectivity index (χ4n) is 2.02. The fourth-order valence-corrected chi connectivity index (χ4v) is 2.64. The minimum atomic E-state index is -0.0581. The van der Waals surface area contributed by atoms with Crippen molar-refractivity contribution >= 4 is 28.1 Å². The number of H-pyrrole nitrogens is 1. The van der Waals surface area contributed by atoms with E-state index in [1.165, 1.54) is 0 Å². The van der Waals surface area contributed by atoms with Crippen LogP contribution in [0.1, 0.15) is 32.2 Å². The summed E-state index contributed by atoms with van der Waals surface area (Å²) in [4.78, 5) is 7.79. The minimum absolute atomic E-state index is 0.0581. The molecule has 106 valence electrons. The number of rotatable bonds is 5. The van der Waals surface area contributed by atoms with E-state index in [4.69, 9.17) is 17.0 Å². The van der Waals surface area contributed by atoms with Gasteiger partial charge in [-0.25, -0.2) is 4.98 Å². The Balaban J connectivity index is 2.53. The third-order valence-corrected chi connectivity index (χ3v) is 4.32. The molecular formula is C15H17BrN2OS. The molecule has 0 spiro atoms. The average Bonchev–Trinajstić information content (AvgIpc) is 2.48. The Kier molecular flexibility index (Phi) is 5.46. The Morgan fingerprint density at radius 1 is 1.30 bits per heavy atom. The van der Waals surface area contributed by atoms with Crippen molar-refractivity contribution < 1.29 is 4.74 Å². The van der Waals surface area contributed by atoms with Crippen molar-refractivity contribution in [2.75, 3.05) is 6.61 Å². The van der Waals surface area contributed by atoms with Crippen molar-refractivity contribution in [2.45, 2.75) is 26.4 Å². The lowest BCUT2D eigenvalue weighted by Crippen LogP contribution is -2.09. The highest BCUT2D eigenvalue weighted by Crippen LogP contribution is 2.29. The molecule has 2 aromatic rings. The van der Waals surface area contributed by atoms with Crippen LogP contribution < -0.4 is 0 Å². The van der Waals surface area contributed by atoms with Crippen LogP contribution in [0.5, 0.6) is 0 Å². The molecule has 1 aromatic carbocycles. The molecule has 0 aliphatic rings. The molecule has 1 heterocycles. The highest BCUT2D eigenvalue weighted by molar-refractivity contribution is 9.10. The van der Waals surface area contributed by atoms with Crippen molar-refractivity contribution in [3.63, 3.8) is 0 Å². The van der Waals surface area contributed by atoms with Gasteiger partial charge in [0, 0.05) is 6.61 Å². The zero-order valence-electron chi connectivity index (χ0n) is 11.5. The number of ether oxygens (including phenoxy) is 1. The van der Waals surface area contributed by atoms with Crippen LogP contribution in [0.2, 0.25) is 0 Å². The molecule has 1 atom stereocenters. The topological polar surface area (TPSA) is 37.9 Å². The molecule has 0 radical (unpaired) electrons. The van der Waals surface area contributed by atoms with E-state index < -0.39 is 0 Å². The van der Waals surface area contributed by atoms with Crippen LogP contribution in [0.3, 0.4) is 0 Å². The molecule has 20 heavy (non-hydrogen) atoms. The van der Waals surface area contributed by atoms with Gasteiger partial charge in [0.2, 0.25) is 0 Å². The van der Waals surface area contributed by atoms with E-state index in [9.17, 15) is 0 Å². The summed E-state index contributed by atoms with van der Waals surface area (Å²) in [7, 11) is 0. The molecule has 0 bridgehead atoms. The predicted octanol–water partition coefficient (Wildman–Crippen LogP) is 5.06. The number of nitrogens with zero attached hydrogens (tertiary/aromatic N) is 1. The number of hydrogen-bond donors (Lipinski definition) is 1. The summed E-state index contributed by atoms with van der Waals surface area (Å²) in [6.45, 7) is 4.70. The van der Waals surface area contributed by atoms with Gasteiger partial charge in [-0.2, -0.15) is 0 Å². The SMILES string of the molecule is CCOC(CC)c1nc(=S)c(Br)c(-c2ccccc2)[nH]1. The molecule has 0 saturated heterocycles. The van der Waals surface area contributed by atoms with E-state index in [-0.39, 0.29) is 6.10 Å². The molecule has 0 fully saturated rings. The van der Waals surface area contributed by atoms with Crippen LogP contribution in [0.4, 0.5) is 0 Å². The quantitative estimate of drug-likeness (QED) is 0.764. The molecule has 1 N–H and O–H groups in total. The zero-order chi connectivity index (χ0) is 14.5. The van der Waals surface area contributed by atoms with E-state index in [1.807, 2.05) is 37.3 Å². The Morgan fingerprint density at radius 2 is 2.00 bits per heavy atom. The summed E-state index contributed by atoms with van der Waals surface area (Å²) < 4.78 is 7.07. The van der Waals surface area contributed by atoms with Crippen LogP contribution >= 0.6 is 28.1 Å². The fraction of sp³-hybridized carbons (Fsp3) is 0.333. The predicted molar refractivity (Wildman–Crippen MR) is 87.2 cm³/mol. The summed E-state index contributed by atoms with van der Waals surface area (Å²) in [6, 6.07) is 10.1. The van der Waals surface area contributed by atoms with E-state index >= 15 is 0 Å². The first-order valence-electron chi connectivity index (χ1n) is 6.64. The first-order valence-corrected chi connectivity index (χ1v) is 7.84. The van der Waals surface area contributed by atoms with Gasteiger partial charge in [0.15, 0.2) is 0 Å². The maximum Gasteiger partial charge on any atom is 0.144 e. The molecular weight excluding hydrogens is 336 g/mol. The summed E-state index contributed by atoms with van der Waals surface area (Å²) in [5.41, 5.74) is 2.01. The first kappa shape index (κ1) is 15.4. The third-order valence-electron chi connectivity index (χ3n) is 2.99. The molecule has 5 heteroatoms. The van der Waals surface area contributed by atoms with Gasteiger partial charge in [0.25, 0.3) is 0 Å². The number of aromatic amines is 1. The molecule has 3 nitrogen and oxygen atoms in total. The van der Waals surface area contributed by atoms with Gasteiger partial charge in [-0.05, 0) is 34.8 Å². The minimum Gasteiger partial charge on any atom is -0.371 e. The normalized spacial score (nSPS) is 12.3. The maximum absolute atomic E-state index is 5.71. The van der Waals surface area contributed by atoms with Crippen molar-refractivity contribution in [1.82, 2.24) is 9.97 Å². The number of halogens is 1. The van der Waals surface area contributed by atoms with Gasteiger partial charge in [0.05, 0.1) is 10.2 Å². The summed E-state index contributed by atoms with van der Waals surface area (Å²) in [6.07, 6.45) is 0.791. The van der Waals surface area contributed by atoms with Crippen molar-refractivity contribution in [2.24, 2.45) is 0 Å². The zero-order valence-corrected chi connectivity index (χ0v) is 13.9. The molecule has 0 aliphatic carbocycles. The van der Waals surface area contributed by atoms with Crippen molar-refractivity contribution in [1.29, 1.82) is 0 Å². The largest absolute Gasteiger partial charge is 0.371 e. The molecule has 0 amide bonds. The monoisotopic (exact) mass is 352 g/mol. The van der Waals surface area contributed by atoms with Crippen LogP contribution in [0.15, 0.2) is 34.8 Å². The standard InChI is InChI=1S/C15H17BrN2OS/c1-3-11(19-4-2)14-17-13(12(16)15(20)18-14)10-8-6-5-7-9-10/h5-9,11H,3-4H2,1-2H3,(H,17,18,20). The van der Waals surface area contributed by atoms with Crippen LogP contribution in [-0.4, -0.2) is 16.6 Å². The lowest BCUT2D eigenvalue weighted by atomic mass is 10.1. The highest BCUT2D eigenvalue weighted by atomic mass is 79.9. The molecule has 1 unspecified atom stereocenters.